The number of nitrogens with zero attached hydrogens (tertiary/aromatic N) is 2. The molecular formula is C18H27N3O2. The molecule has 1 saturated heterocycles. The van der Waals surface area contributed by atoms with Crippen LogP contribution in [-0.4, -0.2) is 54.4 Å². The molecule has 1 saturated carbocycles. The maximum absolute atomic E-state index is 12.4. The van der Waals surface area contributed by atoms with Gasteiger partial charge in [0.2, 0.25) is 0 Å². The number of carbonyl (C=O) groups excluding carboxylic acids is 1. The highest BCUT2D eigenvalue weighted by Gasteiger charge is 2.34. The number of aliphatic hydroxyl groups is 1. The average Bonchev–Trinajstić information content (AvgIpc) is 3.17. The van der Waals surface area contributed by atoms with Crippen LogP contribution in [0.1, 0.15) is 32.1 Å². The minimum Gasteiger partial charge on any atom is -0.388 e. The van der Waals surface area contributed by atoms with Gasteiger partial charge in [-0.25, -0.2) is 4.79 Å². The van der Waals surface area contributed by atoms with Crippen LogP contribution in [0.5, 0.6) is 0 Å². The summed E-state index contributed by atoms with van der Waals surface area (Å²) in [6.45, 7) is 2.23. The fourth-order valence-corrected chi connectivity index (χ4v) is 3.74. The molecule has 1 heterocycles. The van der Waals surface area contributed by atoms with E-state index in [1.807, 2.05) is 18.2 Å². The molecule has 0 aromatic heterocycles. The van der Waals surface area contributed by atoms with Gasteiger partial charge in [0.25, 0.3) is 0 Å². The molecule has 2 amide bonds. The maximum Gasteiger partial charge on any atom is 0.317 e. The quantitative estimate of drug-likeness (QED) is 0.895. The summed E-state index contributed by atoms with van der Waals surface area (Å²) in [5.41, 5.74) is 0.524. The van der Waals surface area contributed by atoms with E-state index in [2.05, 4.69) is 22.3 Å². The van der Waals surface area contributed by atoms with Crippen molar-refractivity contribution in [3.05, 3.63) is 30.3 Å². The first kappa shape index (κ1) is 16.1. The molecule has 23 heavy (non-hydrogen) atoms. The highest BCUT2D eigenvalue weighted by molar-refractivity contribution is 5.74. The molecule has 5 heteroatoms. The van der Waals surface area contributed by atoms with E-state index in [-0.39, 0.29) is 12.1 Å². The van der Waals surface area contributed by atoms with Gasteiger partial charge in [-0.3, -0.25) is 0 Å². The number of para-hydroxylation sites is 1. The molecule has 1 atom stereocenters. The smallest absolute Gasteiger partial charge is 0.317 e. The molecule has 1 unspecified atom stereocenters. The van der Waals surface area contributed by atoms with Crippen LogP contribution in [-0.2, 0) is 0 Å². The molecule has 1 aliphatic carbocycles. The van der Waals surface area contributed by atoms with Crippen LogP contribution < -0.4 is 10.2 Å². The van der Waals surface area contributed by atoms with Crippen molar-refractivity contribution >= 4 is 11.7 Å². The number of anilines is 1. The Bertz CT molecular complexity index is 528. The molecule has 2 N–H and O–H groups in total. The van der Waals surface area contributed by atoms with Crippen molar-refractivity contribution in [3.63, 3.8) is 0 Å². The van der Waals surface area contributed by atoms with Crippen molar-refractivity contribution in [2.24, 2.45) is 0 Å². The Balaban J connectivity index is 1.49. The normalized spacial score (nSPS) is 23.0. The summed E-state index contributed by atoms with van der Waals surface area (Å²) in [4.78, 5) is 16.3. The zero-order chi connectivity index (χ0) is 16.3. The minimum atomic E-state index is -0.683. The third-order valence-electron chi connectivity index (χ3n) is 5.05. The molecule has 1 aliphatic heterocycles. The summed E-state index contributed by atoms with van der Waals surface area (Å²) in [6, 6.07) is 10.4. The van der Waals surface area contributed by atoms with Crippen molar-refractivity contribution in [1.82, 2.24) is 10.2 Å². The Morgan fingerprint density at radius 3 is 2.74 bits per heavy atom. The second-order valence-corrected chi connectivity index (χ2v) is 7.00. The SMILES string of the molecule is CN(CC1(O)CCCC1)C(=O)NC1CCN(c2ccccc2)C1. The molecule has 126 valence electrons. The number of carbonyl (C=O) groups is 1. The fraction of sp³-hybridized carbons (Fsp3) is 0.611. The largest absolute Gasteiger partial charge is 0.388 e. The van der Waals surface area contributed by atoms with Crippen molar-refractivity contribution < 1.29 is 9.90 Å². The first-order valence-corrected chi connectivity index (χ1v) is 8.60. The summed E-state index contributed by atoms with van der Waals surface area (Å²) in [7, 11) is 1.77. The number of likely N-dealkylation sites (N-methyl/N-ethyl adjacent to an activating group) is 1. The predicted molar refractivity (Wildman–Crippen MR) is 91.6 cm³/mol. The second kappa shape index (κ2) is 6.79. The minimum absolute atomic E-state index is 0.0785. The van der Waals surface area contributed by atoms with Gasteiger partial charge in [-0.2, -0.15) is 0 Å². The number of rotatable bonds is 4. The third kappa shape index (κ3) is 3.96. The summed E-state index contributed by atoms with van der Waals surface area (Å²) < 4.78 is 0. The Morgan fingerprint density at radius 1 is 1.35 bits per heavy atom. The lowest BCUT2D eigenvalue weighted by Crippen LogP contribution is -2.49. The van der Waals surface area contributed by atoms with E-state index in [9.17, 15) is 9.90 Å². The predicted octanol–water partition coefficient (Wildman–Crippen LogP) is 2.21. The summed E-state index contributed by atoms with van der Waals surface area (Å²) in [6.07, 6.45) is 4.67. The van der Waals surface area contributed by atoms with Crippen LogP contribution in [0.3, 0.4) is 0 Å². The van der Waals surface area contributed by atoms with Gasteiger partial charge in [0, 0.05) is 31.9 Å². The molecule has 1 aromatic rings. The van der Waals surface area contributed by atoms with E-state index < -0.39 is 5.60 Å². The topological polar surface area (TPSA) is 55.8 Å². The number of hydrogen-bond acceptors (Lipinski definition) is 3. The maximum atomic E-state index is 12.4. The van der Waals surface area contributed by atoms with Crippen molar-refractivity contribution in [3.8, 4) is 0 Å². The lowest BCUT2D eigenvalue weighted by atomic mass is 10.0. The van der Waals surface area contributed by atoms with E-state index in [0.29, 0.717) is 6.54 Å². The third-order valence-corrected chi connectivity index (χ3v) is 5.05. The standard InChI is InChI=1S/C18H27N3O2/c1-20(14-18(23)10-5-6-11-18)17(22)19-15-9-12-21(13-15)16-7-3-2-4-8-16/h2-4,7-8,15,23H,5-6,9-14H2,1H3,(H,19,22). The van der Waals surface area contributed by atoms with Crippen molar-refractivity contribution in [2.75, 3.05) is 31.6 Å². The summed E-state index contributed by atoms with van der Waals surface area (Å²) in [5, 5.41) is 13.5. The molecule has 1 aromatic carbocycles. The van der Waals surface area contributed by atoms with Crippen LogP contribution in [0.25, 0.3) is 0 Å². The highest BCUT2D eigenvalue weighted by atomic mass is 16.3. The van der Waals surface area contributed by atoms with Crippen LogP contribution in [0.15, 0.2) is 30.3 Å². The zero-order valence-electron chi connectivity index (χ0n) is 13.9. The van der Waals surface area contributed by atoms with Gasteiger partial charge in [0.05, 0.1) is 12.1 Å². The van der Waals surface area contributed by atoms with E-state index in [4.69, 9.17) is 0 Å². The van der Waals surface area contributed by atoms with Crippen molar-refractivity contribution in [2.45, 2.75) is 43.7 Å². The summed E-state index contributed by atoms with van der Waals surface area (Å²) >= 11 is 0. The first-order valence-electron chi connectivity index (χ1n) is 8.60. The average molecular weight is 317 g/mol. The Hall–Kier alpha value is -1.75. The zero-order valence-corrected chi connectivity index (χ0v) is 13.9. The number of nitrogens with one attached hydrogen (secondary N) is 1. The van der Waals surface area contributed by atoms with E-state index >= 15 is 0 Å². The molecule has 5 nitrogen and oxygen atoms in total. The Morgan fingerprint density at radius 2 is 2.04 bits per heavy atom. The van der Waals surface area contributed by atoms with Gasteiger partial charge in [0.1, 0.15) is 0 Å². The van der Waals surface area contributed by atoms with Gasteiger partial charge in [-0.1, -0.05) is 31.0 Å². The van der Waals surface area contributed by atoms with Gasteiger partial charge in [0.15, 0.2) is 0 Å². The number of amides is 2. The molecule has 0 spiro atoms. The lowest BCUT2D eigenvalue weighted by molar-refractivity contribution is 0.0245. The molecule has 3 rings (SSSR count). The second-order valence-electron chi connectivity index (χ2n) is 7.00. The Kier molecular flexibility index (Phi) is 4.76. The molecule has 0 bridgehead atoms. The summed E-state index contributed by atoms with van der Waals surface area (Å²) in [5.74, 6) is 0. The lowest BCUT2D eigenvalue weighted by Gasteiger charge is -2.29. The monoisotopic (exact) mass is 317 g/mol. The van der Waals surface area contributed by atoms with Gasteiger partial charge < -0.3 is 20.2 Å². The highest BCUT2D eigenvalue weighted by Crippen LogP contribution is 2.30. The van der Waals surface area contributed by atoms with Gasteiger partial charge in [-0.15, -0.1) is 0 Å². The van der Waals surface area contributed by atoms with E-state index in [1.54, 1.807) is 11.9 Å². The van der Waals surface area contributed by atoms with Crippen LogP contribution >= 0.6 is 0 Å². The van der Waals surface area contributed by atoms with Crippen LogP contribution in [0.2, 0.25) is 0 Å². The molecule has 0 radical (unpaired) electrons. The van der Waals surface area contributed by atoms with Gasteiger partial charge >= 0.3 is 6.03 Å². The van der Waals surface area contributed by atoms with E-state index in [1.165, 1.54) is 5.69 Å². The first-order chi connectivity index (χ1) is 11.1. The van der Waals surface area contributed by atoms with E-state index in [0.717, 1.165) is 45.2 Å². The molecule has 2 fully saturated rings. The van der Waals surface area contributed by atoms with Crippen molar-refractivity contribution in [1.29, 1.82) is 0 Å². The molecule has 2 aliphatic rings. The molecular weight excluding hydrogens is 290 g/mol. The Labute approximate surface area is 138 Å². The van der Waals surface area contributed by atoms with Crippen LogP contribution in [0, 0.1) is 0 Å². The van der Waals surface area contributed by atoms with Crippen LogP contribution in [0.4, 0.5) is 10.5 Å². The number of urea groups is 1. The fourth-order valence-electron chi connectivity index (χ4n) is 3.74. The number of hydrogen-bond donors (Lipinski definition) is 2. The van der Waals surface area contributed by atoms with Gasteiger partial charge in [-0.05, 0) is 31.4 Å². The number of benzene rings is 1.